The third-order valence-corrected chi connectivity index (χ3v) is 6.69. The van der Waals surface area contributed by atoms with Crippen LogP contribution in [0.25, 0.3) is 6.08 Å². The fourth-order valence-corrected chi connectivity index (χ4v) is 5.84. The van der Waals surface area contributed by atoms with E-state index in [2.05, 4.69) is 45.0 Å². The van der Waals surface area contributed by atoms with E-state index in [1.165, 1.54) is 30.4 Å². The Morgan fingerprint density at radius 3 is 2.63 bits per heavy atom. The van der Waals surface area contributed by atoms with Crippen LogP contribution in [0.15, 0.2) is 23.8 Å². The first-order valence-electron chi connectivity index (χ1n) is 7.60. The van der Waals surface area contributed by atoms with Crippen LogP contribution in [0, 0.1) is 24.7 Å². The molecule has 1 fully saturated rings. The van der Waals surface area contributed by atoms with Gasteiger partial charge in [-0.05, 0) is 0 Å². The number of fused-ring (bicyclic) bond motifs is 1. The van der Waals surface area contributed by atoms with Crippen LogP contribution in [0.4, 0.5) is 0 Å². The fraction of sp³-hybridized carbons (Fsp3) is 0.556. The van der Waals surface area contributed by atoms with Crippen LogP contribution in [0.2, 0.25) is 0 Å². The van der Waals surface area contributed by atoms with Gasteiger partial charge in [0.25, 0.3) is 0 Å². The first-order valence-corrected chi connectivity index (χ1v) is 9.02. The van der Waals surface area contributed by atoms with Crippen LogP contribution in [-0.4, -0.2) is 0 Å². The van der Waals surface area contributed by atoms with Crippen LogP contribution < -0.4 is 0 Å². The van der Waals surface area contributed by atoms with Crippen molar-refractivity contribution in [3.8, 4) is 0 Å². The van der Waals surface area contributed by atoms with E-state index in [0.29, 0.717) is 0 Å². The van der Waals surface area contributed by atoms with E-state index in [9.17, 15) is 0 Å². The molecule has 19 heavy (non-hydrogen) atoms. The van der Waals surface area contributed by atoms with Gasteiger partial charge in [-0.1, -0.05) is 0 Å². The van der Waals surface area contributed by atoms with Crippen molar-refractivity contribution in [2.75, 3.05) is 0 Å². The van der Waals surface area contributed by atoms with E-state index in [-0.39, 0.29) is 0 Å². The van der Waals surface area contributed by atoms with Gasteiger partial charge in [-0.15, -0.1) is 0 Å². The van der Waals surface area contributed by atoms with Crippen molar-refractivity contribution in [2.45, 2.75) is 43.7 Å². The van der Waals surface area contributed by atoms with Gasteiger partial charge in [-0.25, -0.2) is 0 Å². The second-order valence-electron chi connectivity index (χ2n) is 6.66. The summed E-state index contributed by atoms with van der Waals surface area (Å²) in [5, 5.41) is 0. The molecule has 1 aromatic carbocycles. The molecule has 4 unspecified atom stereocenters. The summed E-state index contributed by atoms with van der Waals surface area (Å²) >= 11 is 1.67. The van der Waals surface area contributed by atoms with Gasteiger partial charge in [-0.3, -0.25) is 0 Å². The van der Waals surface area contributed by atoms with E-state index in [0.717, 1.165) is 21.4 Å². The average Bonchev–Trinajstić information content (AvgIpc) is 2.68. The van der Waals surface area contributed by atoms with Crippen molar-refractivity contribution in [3.63, 3.8) is 0 Å². The van der Waals surface area contributed by atoms with Crippen LogP contribution >= 0.6 is 0 Å². The summed E-state index contributed by atoms with van der Waals surface area (Å²) in [5.41, 5.74) is 6.37. The molecule has 0 amide bonds. The fourth-order valence-electron chi connectivity index (χ4n) is 4.13. The van der Waals surface area contributed by atoms with Gasteiger partial charge in [-0.2, -0.15) is 0 Å². The Morgan fingerprint density at radius 2 is 1.95 bits per heavy atom. The molecule has 1 aromatic rings. The van der Waals surface area contributed by atoms with Crippen molar-refractivity contribution >= 4 is 6.08 Å². The summed E-state index contributed by atoms with van der Waals surface area (Å²) in [5.74, 6) is 2.64. The molecule has 0 bridgehead atoms. The Hall–Kier alpha value is -0.157. The van der Waals surface area contributed by atoms with Gasteiger partial charge in [0.05, 0.1) is 0 Å². The molecule has 0 aliphatic heterocycles. The molecule has 99 valence electrons. The summed E-state index contributed by atoms with van der Waals surface area (Å²) < 4.78 is 0.726. The zero-order valence-corrected chi connectivity index (χ0v) is 14.7. The predicted octanol–water partition coefficient (Wildman–Crippen LogP) is 5.05. The molecule has 0 spiro atoms. The average molecular weight is 331 g/mol. The molecule has 4 atom stereocenters. The summed E-state index contributed by atoms with van der Waals surface area (Å²) in [4.78, 5) is 0. The van der Waals surface area contributed by atoms with Crippen LogP contribution in [0.1, 0.15) is 53.4 Å². The van der Waals surface area contributed by atoms with Crippen LogP contribution in [0.3, 0.4) is 0 Å². The van der Waals surface area contributed by atoms with Crippen molar-refractivity contribution < 1.29 is 24.7 Å². The van der Waals surface area contributed by atoms with E-state index >= 15 is 0 Å². The SMILES string of the molecule is Cc1cccc2c1[CH]([Zr])C(C1CCC(C)CC1C)=C2. The Labute approximate surface area is 132 Å². The molecule has 0 nitrogen and oxygen atoms in total. The minimum atomic E-state index is 0.726. The van der Waals surface area contributed by atoms with Gasteiger partial charge in [0.1, 0.15) is 0 Å². The minimum absolute atomic E-state index is 0.726. The number of rotatable bonds is 1. The molecule has 2 aliphatic rings. The van der Waals surface area contributed by atoms with Crippen molar-refractivity contribution in [1.29, 1.82) is 0 Å². The monoisotopic (exact) mass is 329 g/mol. The van der Waals surface area contributed by atoms with Crippen molar-refractivity contribution in [1.82, 2.24) is 0 Å². The zero-order valence-electron chi connectivity index (χ0n) is 12.2. The topological polar surface area (TPSA) is 0 Å². The molecular formula is C18H23Zr. The Kier molecular flexibility index (Phi) is 3.87. The maximum atomic E-state index is 2.53. The van der Waals surface area contributed by atoms with E-state index in [1.54, 1.807) is 35.9 Å². The Bertz CT molecular complexity index is 514. The second-order valence-corrected chi connectivity index (χ2v) is 8.08. The summed E-state index contributed by atoms with van der Waals surface area (Å²) in [6, 6.07) is 6.80. The number of allylic oxidation sites excluding steroid dienone is 1. The normalized spacial score (nSPS) is 33.9. The molecule has 0 saturated heterocycles. The first-order chi connectivity index (χ1) is 9.08. The van der Waals surface area contributed by atoms with Gasteiger partial charge < -0.3 is 0 Å². The quantitative estimate of drug-likeness (QED) is 0.676. The number of hydrogen-bond donors (Lipinski definition) is 0. The summed E-state index contributed by atoms with van der Waals surface area (Å²) in [7, 11) is 0. The zero-order chi connectivity index (χ0) is 13.6. The molecule has 1 saturated carbocycles. The third-order valence-electron chi connectivity index (χ3n) is 5.16. The number of aryl methyl sites for hydroxylation is 1. The Morgan fingerprint density at radius 1 is 1.16 bits per heavy atom. The molecule has 1 heteroatoms. The van der Waals surface area contributed by atoms with E-state index in [1.807, 2.05) is 0 Å². The third kappa shape index (κ3) is 2.44. The van der Waals surface area contributed by atoms with Gasteiger partial charge in [0.2, 0.25) is 0 Å². The standard InChI is InChI=1S/C18H23.Zr/c1-12-7-8-17(14(3)9-12)16-10-15-6-4-5-13(2)18(15)11-16;/h4-6,10-12,14,17H,7-9H2,1-3H3;. The number of benzene rings is 1. The van der Waals surface area contributed by atoms with Gasteiger partial charge in [0, 0.05) is 0 Å². The molecule has 0 N–H and O–H groups in total. The molecule has 2 aliphatic carbocycles. The van der Waals surface area contributed by atoms with E-state index < -0.39 is 0 Å². The predicted molar refractivity (Wildman–Crippen MR) is 77.6 cm³/mol. The molecular weight excluding hydrogens is 307 g/mol. The van der Waals surface area contributed by atoms with Crippen LogP contribution in [0.5, 0.6) is 0 Å². The van der Waals surface area contributed by atoms with Gasteiger partial charge >= 0.3 is 133 Å². The van der Waals surface area contributed by atoms with E-state index in [4.69, 9.17) is 0 Å². The summed E-state index contributed by atoms with van der Waals surface area (Å²) in [6.07, 6.45) is 6.77. The van der Waals surface area contributed by atoms with Gasteiger partial charge in [0.15, 0.2) is 0 Å². The number of hydrogen-bond acceptors (Lipinski definition) is 0. The Balaban J connectivity index is 1.90. The second kappa shape index (κ2) is 5.32. The van der Waals surface area contributed by atoms with Crippen molar-refractivity contribution in [3.05, 3.63) is 40.5 Å². The maximum absolute atomic E-state index is 2.53. The first kappa shape index (κ1) is 13.8. The molecule has 0 heterocycles. The molecule has 0 radical (unpaired) electrons. The van der Waals surface area contributed by atoms with Crippen molar-refractivity contribution in [2.24, 2.45) is 17.8 Å². The van der Waals surface area contributed by atoms with Crippen LogP contribution in [-0.2, 0) is 24.7 Å². The molecule has 0 aromatic heterocycles. The summed E-state index contributed by atoms with van der Waals surface area (Å²) in [6.45, 7) is 7.17. The molecule has 3 rings (SSSR count).